The minimum atomic E-state index is 1.22. The van der Waals surface area contributed by atoms with Crippen molar-refractivity contribution in [1.82, 2.24) is 0 Å². The standard InChI is InChI=1S/C21H33/c1-2-3-4-5-6-7-8-9-10-11-12-13-15-18-21-19-16-14-17-20-21/h13-20H,2-12H2,1H3/b18-15+. The summed E-state index contributed by atoms with van der Waals surface area (Å²) >= 11 is 0. The minimum absolute atomic E-state index is 1.22. The number of rotatable bonds is 13. The van der Waals surface area contributed by atoms with Crippen LogP contribution < -0.4 is 0 Å². The van der Waals surface area contributed by atoms with Crippen LogP contribution in [-0.2, 0) is 0 Å². The van der Waals surface area contributed by atoms with Crippen LogP contribution in [0, 0.1) is 6.42 Å². The van der Waals surface area contributed by atoms with Crippen LogP contribution in [0.15, 0.2) is 36.4 Å². The number of hydrogen-bond donors (Lipinski definition) is 0. The molecule has 0 heteroatoms. The highest BCUT2D eigenvalue weighted by Crippen LogP contribution is 2.12. The molecule has 0 aliphatic carbocycles. The molecule has 0 N–H and O–H groups in total. The lowest BCUT2D eigenvalue weighted by Crippen LogP contribution is -1.82. The molecule has 21 heavy (non-hydrogen) atoms. The van der Waals surface area contributed by atoms with Crippen LogP contribution in [0.4, 0.5) is 0 Å². The van der Waals surface area contributed by atoms with E-state index in [1.807, 2.05) is 0 Å². The summed E-state index contributed by atoms with van der Waals surface area (Å²) in [6.07, 6.45) is 22.1. The Morgan fingerprint density at radius 1 is 0.714 bits per heavy atom. The van der Waals surface area contributed by atoms with Crippen molar-refractivity contribution in [3.8, 4) is 0 Å². The van der Waals surface area contributed by atoms with Crippen molar-refractivity contribution in [1.29, 1.82) is 0 Å². The zero-order valence-electron chi connectivity index (χ0n) is 13.9. The summed E-state index contributed by atoms with van der Waals surface area (Å²) in [6, 6.07) is 10.5. The van der Waals surface area contributed by atoms with Crippen LogP contribution in [0.25, 0.3) is 6.08 Å². The van der Waals surface area contributed by atoms with E-state index in [9.17, 15) is 0 Å². The van der Waals surface area contributed by atoms with Gasteiger partial charge in [-0.05, 0) is 18.4 Å². The lowest BCUT2D eigenvalue weighted by atomic mass is 10.1. The molecular weight excluding hydrogens is 252 g/mol. The smallest absolute Gasteiger partial charge is 0.0167 e. The van der Waals surface area contributed by atoms with Gasteiger partial charge in [0, 0.05) is 0 Å². The van der Waals surface area contributed by atoms with Crippen molar-refractivity contribution in [2.45, 2.75) is 77.6 Å². The Bertz CT molecular complexity index is 336. The van der Waals surface area contributed by atoms with Gasteiger partial charge in [0.05, 0.1) is 0 Å². The number of unbranched alkanes of at least 4 members (excludes halogenated alkanes) is 11. The molecule has 1 aromatic rings. The summed E-state index contributed by atoms with van der Waals surface area (Å²) in [4.78, 5) is 0. The van der Waals surface area contributed by atoms with Crippen molar-refractivity contribution >= 4 is 6.08 Å². The third-order valence-corrected chi connectivity index (χ3v) is 3.95. The maximum atomic E-state index is 2.30. The van der Waals surface area contributed by atoms with E-state index in [2.05, 4.69) is 55.8 Å². The monoisotopic (exact) mass is 285 g/mol. The third-order valence-electron chi connectivity index (χ3n) is 3.95. The number of hydrogen-bond acceptors (Lipinski definition) is 0. The van der Waals surface area contributed by atoms with Crippen LogP contribution >= 0.6 is 0 Å². The zero-order valence-corrected chi connectivity index (χ0v) is 13.9. The summed E-state index contributed by atoms with van der Waals surface area (Å²) < 4.78 is 0. The van der Waals surface area contributed by atoms with Crippen LogP contribution in [0.1, 0.15) is 83.1 Å². The highest BCUT2D eigenvalue weighted by Gasteiger charge is 1.92. The Morgan fingerprint density at radius 3 is 1.90 bits per heavy atom. The molecule has 1 radical (unpaired) electrons. The Morgan fingerprint density at radius 2 is 1.29 bits per heavy atom. The first-order chi connectivity index (χ1) is 10.4. The molecule has 0 nitrogen and oxygen atoms in total. The van der Waals surface area contributed by atoms with Crippen LogP contribution in [-0.4, -0.2) is 0 Å². The SMILES string of the molecule is CCCCCCCCCCCC[CH]/C=C/c1ccccc1. The topological polar surface area (TPSA) is 0 Å². The summed E-state index contributed by atoms with van der Waals surface area (Å²) in [5, 5.41) is 0. The first kappa shape index (κ1) is 18.0. The van der Waals surface area contributed by atoms with E-state index in [0.29, 0.717) is 0 Å². The van der Waals surface area contributed by atoms with Gasteiger partial charge in [-0.25, -0.2) is 0 Å². The van der Waals surface area contributed by atoms with E-state index in [1.165, 1.54) is 76.2 Å². The maximum absolute atomic E-state index is 2.30. The largest absolute Gasteiger partial charge is 0.0802 e. The highest BCUT2D eigenvalue weighted by atomic mass is 14.0. The Kier molecular flexibility index (Phi) is 11.9. The fourth-order valence-electron chi connectivity index (χ4n) is 2.59. The zero-order chi connectivity index (χ0) is 15.0. The molecule has 0 aromatic heterocycles. The van der Waals surface area contributed by atoms with Crippen molar-refractivity contribution in [3.05, 3.63) is 48.4 Å². The molecule has 1 aromatic carbocycles. The van der Waals surface area contributed by atoms with Gasteiger partial charge >= 0.3 is 0 Å². The predicted octanol–water partition coefficient (Wildman–Crippen LogP) is 7.22. The fourth-order valence-corrected chi connectivity index (χ4v) is 2.59. The molecule has 0 spiro atoms. The first-order valence-corrected chi connectivity index (χ1v) is 8.98. The maximum Gasteiger partial charge on any atom is -0.0167 e. The van der Waals surface area contributed by atoms with Gasteiger partial charge in [-0.2, -0.15) is 0 Å². The van der Waals surface area contributed by atoms with Crippen molar-refractivity contribution in [3.63, 3.8) is 0 Å². The van der Waals surface area contributed by atoms with Crippen molar-refractivity contribution in [2.75, 3.05) is 0 Å². The van der Waals surface area contributed by atoms with E-state index in [4.69, 9.17) is 0 Å². The van der Waals surface area contributed by atoms with Gasteiger partial charge < -0.3 is 0 Å². The first-order valence-electron chi connectivity index (χ1n) is 8.98. The summed E-state index contributed by atoms with van der Waals surface area (Å²) in [6.45, 7) is 2.28. The van der Waals surface area contributed by atoms with Gasteiger partial charge in [-0.15, -0.1) is 0 Å². The Labute approximate surface area is 132 Å². The van der Waals surface area contributed by atoms with Gasteiger partial charge in [-0.1, -0.05) is 114 Å². The quantitative estimate of drug-likeness (QED) is 0.336. The number of benzene rings is 1. The molecule has 0 unspecified atom stereocenters. The molecular formula is C21H33. The summed E-state index contributed by atoms with van der Waals surface area (Å²) in [7, 11) is 0. The molecule has 0 amide bonds. The van der Waals surface area contributed by atoms with Gasteiger partial charge in [0.25, 0.3) is 0 Å². The van der Waals surface area contributed by atoms with Gasteiger partial charge in [0.1, 0.15) is 0 Å². The van der Waals surface area contributed by atoms with Gasteiger partial charge in [-0.3, -0.25) is 0 Å². The molecule has 0 aliphatic rings. The molecule has 1 rings (SSSR count). The predicted molar refractivity (Wildman–Crippen MR) is 96.2 cm³/mol. The second-order valence-electron chi connectivity index (χ2n) is 5.98. The van der Waals surface area contributed by atoms with Crippen molar-refractivity contribution in [2.24, 2.45) is 0 Å². The lowest BCUT2D eigenvalue weighted by Gasteiger charge is -2.01. The Balaban J connectivity index is 1.82. The van der Waals surface area contributed by atoms with Crippen molar-refractivity contribution < 1.29 is 0 Å². The molecule has 0 saturated heterocycles. The van der Waals surface area contributed by atoms with Crippen LogP contribution in [0.5, 0.6) is 0 Å². The fraction of sp³-hybridized carbons (Fsp3) is 0.571. The summed E-state index contributed by atoms with van der Waals surface area (Å²) in [5.41, 5.74) is 1.29. The van der Waals surface area contributed by atoms with E-state index in [0.717, 1.165) is 0 Å². The average Bonchev–Trinajstić information content (AvgIpc) is 2.53. The molecule has 0 bridgehead atoms. The second kappa shape index (κ2) is 13.9. The normalized spacial score (nSPS) is 11.3. The highest BCUT2D eigenvalue weighted by molar-refractivity contribution is 5.49. The third kappa shape index (κ3) is 11.3. The van der Waals surface area contributed by atoms with Crippen LogP contribution in [0.2, 0.25) is 0 Å². The molecule has 0 heterocycles. The van der Waals surface area contributed by atoms with E-state index < -0.39 is 0 Å². The van der Waals surface area contributed by atoms with E-state index in [1.54, 1.807) is 0 Å². The lowest BCUT2D eigenvalue weighted by molar-refractivity contribution is 0.556. The van der Waals surface area contributed by atoms with E-state index in [-0.39, 0.29) is 0 Å². The minimum Gasteiger partial charge on any atom is -0.0802 e. The van der Waals surface area contributed by atoms with E-state index >= 15 is 0 Å². The molecule has 0 atom stereocenters. The molecule has 0 aliphatic heterocycles. The Hall–Kier alpha value is -1.04. The number of allylic oxidation sites excluding steroid dienone is 1. The average molecular weight is 285 g/mol. The van der Waals surface area contributed by atoms with Crippen LogP contribution in [0.3, 0.4) is 0 Å². The van der Waals surface area contributed by atoms with Gasteiger partial charge in [0.15, 0.2) is 0 Å². The summed E-state index contributed by atoms with van der Waals surface area (Å²) in [5.74, 6) is 0. The second-order valence-corrected chi connectivity index (χ2v) is 5.98. The molecule has 0 saturated carbocycles. The molecule has 117 valence electrons. The molecule has 0 fully saturated rings. The van der Waals surface area contributed by atoms with Gasteiger partial charge in [0.2, 0.25) is 0 Å².